The highest BCUT2D eigenvalue weighted by molar-refractivity contribution is 5.41. The van der Waals surface area contributed by atoms with E-state index in [0.717, 1.165) is 30.1 Å². The average molecular weight is 284 g/mol. The van der Waals surface area contributed by atoms with Gasteiger partial charge in [0, 0.05) is 5.92 Å². The highest BCUT2D eigenvalue weighted by Crippen LogP contribution is 2.41. The summed E-state index contributed by atoms with van der Waals surface area (Å²) in [5, 5.41) is 0. The first-order chi connectivity index (χ1) is 10.3. The van der Waals surface area contributed by atoms with E-state index in [1.807, 2.05) is 30.3 Å². The van der Waals surface area contributed by atoms with Gasteiger partial charge in [0.15, 0.2) is 0 Å². The van der Waals surface area contributed by atoms with E-state index in [2.05, 4.69) is 23.6 Å². The second-order valence-electron chi connectivity index (χ2n) is 5.20. The van der Waals surface area contributed by atoms with Crippen LogP contribution in [0, 0.1) is 0 Å². The number of para-hydroxylation sites is 1. The van der Waals surface area contributed by atoms with Crippen LogP contribution in [0.4, 0.5) is 0 Å². The summed E-state index contributed by atoms with van der Waals surface area (Å²) in [6.07, 6.45) is 0.942. The van der Waals surface area contributed by atoms with E-state index in [0.29, 0.717) is 5.92 Å². The number of nitrogens with one attached hydrogen (secondary N) is 1. The first-order valence-corrected chi connectivity index (χ1v) is 7.15. The molecule has 0 spiro atoms. The van der Waals surface area contributed by atoms with Crippen molar-refractivity contribution in [1.29, 1.82) is 0 Å². The zero-order valence-electron chi connectivity index (χ0n) is 12.1. The van der Waals surface area contributed by atoms with E-state index in [1.54, 1.807) is 7.11 Å². The van der Waals surface area contributed by atoms with Crippen LogP contribution < -0.4 is 20.7 Å². The predicted molar refractivity (Wildman–Crippen MR) is 82.4 cm³/mol. The highest BCUT2D eigenvalue weighted by Gasteiger charge is 2.29. The third-order valence-electron chi connectivity index (χ3n) is 4.06. The van der Waals surface area contributed by atoms with E-state index in [-0.39, 0.29) is 6.04 Å². The smallest absolute Gasteiger partial charge is 0.122 e. The number of hydrogen-bond acceptors (Lipinski definition) is 4. The number of fused-ring (bicyclic) bond motifs is 1. The standard InChI is InChI=1S/C17H20N2O2/c1-20-13-8-6-12(7-9-13)17(19-18)15-10-11-21-16-5-3-2-4-14(15)16/h2-9,15,17,19H,10-11,18H2,1H3. The highest BCUT2D eigenvalue weighted by atomic mass is 16.5. The summed E-state index contributed by atoms with van der Waals surface area (Å²) < 4.78 is 10.9. The minimum absolute atomic E-state index is 0.0564. The van der Waals surface area contributed by atoms with Gasteiger partial charge in [0.25, 0.3) is 0 Å². The molecule has 0 radical (unpaired) electrons. The van der Waals surface area contributed by atoms with Gasteiger partial charge in [0.1, 0.15) is 11.5 Å². The van der Waals surface area contributed by atoms with Crippen LogP contribution in [0.15, 0.2) is 48.5 Å². The van der Waals surface area contributed by atoms with Crippen molar-refractivity contribution in [1.82, 2.24) is 5.43 Å². The summed E-state index contributed by atoms with van der Waals surface area (Å²) in [6, 6.07) is 16.3. The molecule has 2 atom stereocenters. The predicted octanol–water partition coefficient (Wildman–Crippen LogP) is 2.77. The summed E-state index contributed by atoms with van der Waals surface area (Å²) in [5.74, 6) is 7.95. The van der Waals surface area contributed by atoms with Crippen molar-refractivity contribution >= 4 is 0 Å². The maximum absolute atomic E-state index is 5.84. The Morgan fingerprint density at radius 1 is 1.19 bits per heavy atom. The van der Waals surface area contributed by atoms with E-state index in [1.165, 1.54) is 5.56 Å². The lowest BCUT2D eigenvalue weighted by atomic mass is 9.83. The summed E-state index contributed by atoms with van der Waals surface area (Å²) in [7, 11) is 1.67. The molecule has 2 unspecified atom stereocenters. The van der Waals surface area contributed by atoms with E-state index in [9.17, 15) is 0 Å². The first-order valence-electron chi connectivity index (χ1n) is 7.15. The Labute approximate surface area is 124 Å². The Bertz CT molecular complexity index is 598. The van der Waals surface area contributed by atoms with Crippen LogP contribution >= 0.6 is 0 Å². The molecule has 0 bridgehead atoms. The lowest BCUT2D eigenvalue weighted by Crippen LogP contribution is -2.34. The Morgan fingerprint density at radius 3 is 2.67 bits per heavy atom. The second-order valence-corrected chi connectivity index (χ2v) is 5.20. The third kappa shape index (κ3) is 2.73. The largest absolute Gasteiger partial charge is 0.497 e. The molecule has 2 aromatic rings. The molecule has 3 rings (SSSR count). The van der Waals surface area contributed by atoms with E-state index in [4.69, 9.17) is 15.3 Å². The molecule has 2 aromatic carbocycles. The molecule has 4 nitrogen and oxygen atoms in total. The van der Waals surface area contributed by atoms with Gasteiger partial charge in [-0.25, -0.2) is 0 Å². The van der Waals surface area contributed by atoms with Crippen LogP contribution in [0.3, 0.4) is 0 Å². The van der Waals surface area contributed by atoms with Gasteiger partial charge in [0.2, 0.25) is 0 Å². The number of hydrogen-bond donors (Lipinski definition) is 2. The molecule has 3 N–H and O–H groups in total. The van der Waals surface area contributed by atoms with Crippen LogP contribution in [0.1, 0.15) is 29.5 Å². The monoisotopic (exact) mass is 284 g/mol. The fraction of sp³-hybridized carbons (Fsp3) is 0.294. The molecular weight excluding hydrogens is 264 g/mol. The van der Waals surface area contributed by atoms with Crippen LogP contribution in [-0.4, -0.2) is 13.7 Å². The lowest BCUT2D eigenvalue weighted by Gasteiger charge is -2.32. The summed E-state index contributed by atoms with van der Waals surface area (Å²) in [4.78, 5) is 0. The molecule has 1 heterocycles. The molecule has 1 aliphatic rings. The number of nitrogens with two attached hydrogens (primary N) is 1. The van der Waals surface area contributed by atoms with Crippen LogP contribution in [0.2, 0.25) is 0 Å². The average Bonchev–Trinajstić information content (AvgIpc) is 2.56. The van der Waals surface area contributed by atoms with Crippen LogP contribution in [-0.2, 0) is 0 Å². The fourth-order valence-corrected chi connectivity index (χ4v) is 2.97. The molecule has 1 aliphatic heterocycles. The summed E-state index contributed by atoms with van der Waals surface area (Å²) in [5.41, 5.74) is 5.33. The molecule has 0 saturated heterocycles. The van der Waals surface area contributed by atoms with Crippen molar-refractivity contribution in [2.75, 3.05) is 13.7 Å². The molecule has 21 heavy (non-hydrogen) atoms. The Hall–Kier alpha value is -2.04. The van der Waals surface area contributed by atoms with Gasteiger partial charge in [-0.3, -0.25) is 11.3 Å². The molecule has 0 fully saturated rings. The van der Waals surface area contributed by atoms with Crippen molar-refractivity contribution in [3.63, 3.8) is 0 Å². The van der Waals surface area contributed by atoms with Gasteiger partial charge in [-0.15, -0.1) is 0 Å². The van der Waals surface area contributed by atoms with Gasteiger partial charge in [-0.2, -0.15) is 0 Å². The maximum atomic E-state index is 5.84. The van der Waals surface area contributed by atoms with Crippen molar-refractivity contribution in [2.24, 2.45) is 5.84 Å². The summed E-state index contributed by atoms with van der Waals surface area (Å²) in [6.45, 7) is 0.718. The molecule has 0 aliphatic carbocycles. The van der Waals surface area contributed by atoms with Crippen molar-refractivity contribution < 1.29 is 9.47 Å². The van der Waals surface area contributed by atoms with E-state index >= 15 is 0 Å². The molecule has 0 saturated carbocycles. The summed E-state index contributed by atoms with van der Waals surface area (Å²) >= 11 is 0. The molecule has 0 aromatic heterocycles. The second kappa shape index (κ2) is 6.16. The molecule has 0 amide bonds. The Kier molecular flexibility index (Phi) is 4.08. The quantitative estimate of drug-likeness (QED) is 0.669. The van der Waals surface area contributed by atoms with Crippen molar-refractivity contribution in [2.45, 2.75) is 18.4 Å². The minimum Gasteiger partial charge on any atom is -0.497 e. The topological polar surface area (TPSA) is 56.5 Å². The molecule has 110 valence electrons. The number of ether oxygens (including phenoxy) is 2. The Morgan fingerprint density at radius 2 is 1.95 bits per heavy atom. The zero-order valence-corrected chi connectivity index (χ0v) is 12.1. The number of rotatable bonds is 4. The maximum Gasteiger partial charge on any atom is 0.122 e. The van der Waals surface area contributed by atoms with E-state index < -0.39 is 0 Å². The van der Waals surface area contributed by atoms with Gasteiger partial charge in [-0.05, 0) is 35.7 Å². The zero-order chi connectivity index (χ0) is 14.7. The van der Waals surface area contributed by atoms with Gasteiger partial charge < -0.3 is 9.47 Å². The normalized spacial score (nSPS) is 18.5. The number of benzene rings is 2. The Balaban J connectivity index is 1.93. The van der Waals surface area contributed by atoms with Gasteiger partial charge >= 0.3 is 0 Å². The van der Waals surface area contributed by atoms with Crippen molar-refractivity contribution in [3.05, 3.63) is 59.7 Å². The number of methoxy groups -OCH3 is 1. The van der Waals surface area contributed by atoms with Crippen LogP contribution in [0.25, 0.3) is 0 Å². The lowest BCUT2D eigenvalue weighted by molar-refractivity contribution is 0.246. The van der Waals surface area contributed by atoms with Crippen LogP contribution in [0.5, 0.6) is 11.5 Å². The SMILES string of the molecule is COc1ccc(C(NN)C2CCOc3ccccc32)cc1. The fourth-order valence-electron chi connectivity index (χ4n) is 2.97. The minimum atomic E-state index is 0.0564. The molecular formula is C17H20N2O2. The molecule has 4 heteroatoms. The van der Waals surface area contributed by atoms with Crippen molar-refractivity contribution in [3.8, 4) is 11.5 Å². The van der Waals surface area contributed by atoms with Gasteiger partial charge in [-0.1, -0.05) is 30.3 Å². The first kappa shape index (κ1) is 13.9. The van der Waals surface area contributed by atoms with Gasteiger partial charge in [0.05, 0.1) is 19.8 Å². The number of hydrazine groups is 1. The third-order valence-corrected chi connectivity index (χ3v) is 4.06.